The van der Waals surface area contributed by atoms with Crippen LogP contribution in [0.25, 0.3) is 0 Å². The lowest BCUT2D eigenvalue weighted by atomic mass is 10.5. The summed E-state index contributed by atoms with van der Waals surface area (Å²) in [6, 6.07) is 0. The molecule has 0 atom stereocenters. The largest absolute Gasteiger partial charge is 0.460 e. The standard InChI is InChI=1S/C9H18O3Si/c1-5-6-7-11-9(10)8-12-13(2,3)4/h5-6H,7-8H2,1-4H3. The van der Waals surface area contributed by atoms with E-state index in [1.54, 1.807) is 6.08 Å². The lowest BCUT2D eigenvalue weighted by molar-refractivity contribution is -0.145. The highest BCUT2D eigenvalue weighted by Crippen LogP contribution is 2.01. The van der Waals surface area contributed by atoms with Crippen LogP contribution in [0, 0.1) is 0 Å². The topological polar surface area (TPSA) is 35.5 Å². The molecule has 0 rings (SSSR count). The highest BCUT2D eigenvalue weighted by Gasteiger charge is 2.16. The van der Waals surface area contributed by atoms with Crippen molar-refractivity contribution in [1.82, 2.24) is 0 Å². The van der Waals surface area contributed by atoms with E-state index in [1.165, 1.54) is 0 Å². The minimum absolute atomic E-state index is 0.0767. The van der Waals surface area contributed by atoms with Crippen LogP contribution in [0.2, 0.25) is 19.6 Å². The molecule has 0 bridgehead atoms. The minimum Gasteiger partial charge on any atom is -0.460 e. The van der Waals surface area contributed by atoms with Crippen LogP contribution in [-0.4, -0.2) is 27.5 Å². The maximum absolute atomic E-state index is 11.0. The second-order valence-electron chi connectivity index (χ2n) is 3.65. The van der Waals surface area contributed by atoms with Gasteiger partial charge in [0.05, 0.1) is 0 Å². The Morgan fingerprint density at radius 1 is 1.38 bits per heavy atom. The van der Waals surface area contributed by atoms with Gasteiger partial charge in [-0.15, -0.1) is 0 Å². The van der Waals surface area contributed by atoms with Crippen LogP contribution in [0.3, 0.4) is 0 Å². The van der Waals surface area contributed by atoms with E-state index in [-0.39, 0.29) is 12.6 Å². The van der Waals surface area contributed by atoms with E-state index >= 15 is 0 Å². The maximum atomic E-state index is 11.0. The van der Waals surface area contributed by atoms with Crippen molar-refractivity contribution < 1.29 is 14.0 Å². The van der Waals surface area contributed by atoms with Crippen LogP contribution >= 0.6 is 0 Å². The molecule has 0 heterocycles. The Bertz CT molecular complexity index is 182. The van der Waals surface area contributed by atoms with Crippen molar-refractivity contribution in [2.45, 2.75) is 26.6 Å². The second-order valence-corrected chi connectivity index (χ2v) is 8.17. The fraction of sp³-hybridized carbons (Fsp3) is 0.667. The van der Waals surface area contributed by atoms with E-state index in [9.17, 15) is 4.79 Å². The first kappa shape index (κ1) is 12.4. The SMILES string of the molecule is CC=CCOC(=O)CO[Si](C)(C)C. The Morgan fingerprint density at radius 2 is 2.00 bits per heavy atom. The summed E-state index contributed by atoms with van der Waals surface area (Å²) >= 11 is 0. The van der Waals surface area contributed by atoms with Crippen LogP contribution in [-0.2, 0) is 14.0 Å². The third kappa shape index (κ3) is 9.30. The predicted octanol–water partition coefficient (Wildman–Crippen LogP) is 1.96. The Labute approximate surface area is 80.9 Å². The minimum atomic E-state index is -1.59. The molecule has 13 heavy (non-hydrogen) atoms. The molecule has 0 aromatic rings. The normalized spacial score (nSPS) is 12.0. The molecule has 76 valence electrons. The molecule has 0 amide bonds. The number of hydrogen-bond donors (Lipinski definition) is 0. The van der Waals surface area contributed by atoms with Gasteiger partial charge in [0.1, 0.15) is 13.2 Å². The summed E-state index contributed by atoms with van der Waals surface area (Å²) < 4.78 is 10.2. The van der Waals surface area contributed by atoms with Crippen molar-refractivity contribution in [3.8, 4) is 0 Å². The Morgan fingerprint density at radius 3 is 2.46 bits per heavy atom. The van der Waals surface area contributed by atoms with Crippen molar-refractivity contribution in [2.24, 2.45) is 0 Å². The average Bonchev–Trinajstić information content (AvgIpc) is 2.00. The van der Waals surface area contributed by atoms with Crippen molar-refractivity contribution in [1.29, 1.82) is 0 Å². The predicted molar refractivity (Wildman–Crippen MR) is 55.1 cm³/mol. The lowest BCUT2D eigenvalue weighted by Crippen LogP contribution is -2.29. The van der Waals surface area contributed by atoms with Gasteiger partial charge in [-0.05, 0) is 26.6 Å². The van der Waals surface area contributed by atoms with Crippen LogP contribution in [0.4, 0.5) is 0 Å². The quantitative estimate of drug-likeness (QED) is 0.388. The van der Waals surface area contributed by atoms with Crippen molar-refractivity contribution >= 4 is 14.3 Å². The summed E-state index contributed by atoms with van der Waals surface area (Å²) in [6.45, 7) is 8.40. The summed E-state index contributed by atoms with van der Waals surface area (Å²) in [6.07, 6.45) is 3.62. The van der Waals surface area contributed by atoms with Crippen LogP contribution in [0.5, 0.6) is 0 Å². The number of rotatable bonds is 5. The molecule has 0 saturated heterocycles. The number of esters is 1. The molecule has 0 aliphatic carbocycles. The second kappa shape index (κ2) is 5.94. The molecule has 0 radical (unpaired) electrons. The Hall–Kier alpha value is -0.613. The van der Waals surface area contributed by atoms with E-state index in [0.717, 1.165) is 0 Å². The molecule has 0 fully saturated rings. The molecule has 0 spiro atoms. The number of allylic oxidation sites excluding steroid dienone is 1. The zero-order chi connectivity index (χ0) is 10.3. The van der Waals surface area contributed by atoms with Gasteiger partial charge in [0.2, 0.25) is 0 Å². The highest BCUT2D eigenvalue weighted by atomic mass is 28.4. The zero-order valence-corrected chi connectivity index (χ0v) is 9.79. The summed E-state index contributed by atoms with van der Waals surface area (Å²) in [4.78, 5) is 11.0. The van der Waals surface area contributed by atoms with Crippen LogP contribution < -0.4 is 0 Å². The monoisotopic (exact) mass is 202 g/mol. The average molecular weight is 202 g/mol. The van der Waals surface area contributed by atoms with Gasteiger partial charge in [0.15, 0.2) is 8.32 Å². The van der Waals surface area contributed by atoms with Crippen LogP contribution in [0.1, 0.15) is 6.92 Å². The summed E-state index contributed by atoms with van der Waals surface area (Å²) in [5.41, 5.74) is 0. The van der Waals surface area contributed by atoms with Crippen molar-refractivity contribution in [3.63, 3.8) is 0 Å². The summed E-state index contributed by atoms with van der Waals surface area (Å²) in [5.74, 6) is -0.291. The molecular formula is C9H18O3Si. The number of ether oxygens (including phenoxy) is 1. The number of hydrogen-bond acceptors (Lipinski definition) is 3. The first-order valence-corrected chi connectivity index (χ1v) is 7.77. The molecule has 0 aromatic carbocycles. The van der Waals surface area contributed by atoms with Gasteiger partial charge in [-0.25, -0.2) is 4.79 Å². The molecule has 0 unspecified atom stereocenters. The smallest absolute Gasteiger partial charge is 0.331 e. The molecule has 0 saturated carbocycles. The fourth-order valence-electron chi connectivity index (χ4n) is 0.554. The zero-order valence-electron chi connectivity index (χ0n) is 8.79. The van der Waals surface area contributed by atoms with E-state index < -0.39 is 8.32 Å². The molecule has 3 nitrogen and oxygen atoms in total. The summed E-state index contributed by atoms with van der Waals surface area (Å²) in [5, 5.41) is 0. The van der Waals surface area contributed by atoms with Gasteiger partial charge in [-0.3, -0.25) is 0 Å². The van der Waals surface area contributed by atoms with Crippen molar-refractivity contribution in [3.05, 3.63) is 12.2 Å². The van der Waals surface area contributed by atoms with Gasteiger partial charge in [-0.2, -0.15) is 0 Å². The number of carbonyl (C=O) groups is 1. The molecular weight excluding hydrogens is 184 g/mol. The number of carbonyl (C=O) groups excluding carboxylic acids is 1. The van der Waals surface area contributed by atoms with Gasteiger partial charge in [-0.1, -0.05) is 12.2 Å². The van der Waals surface area contributed by atoms with Gasteiger partial charge in [0, 0.05) is 0 Å². The van der Waals surface area contributed by atoms with E-state index in [2.05, 4.69) is 0 Å². The highest BCUT2D eigenvalue weighted by molar-refractivity contribution is 6.69. The van der Waals surface area contributed by atoms with Gasteiger partial charge >= 0.3 is 5.97 Å². The van der Waals surface area contributed by atoms with Crippen molar-refractivity contribution in [2.75, 3.05) is 13.2 Å². The fourth-order valence-corrected chi connectivity index (χ4v) is 1.11. The molecule has 0 aliphatic heterocycles. The molecule has 0 aliphatic rings. The lowest BCUT2D eigenvalue weighted by Gasteiger charge is -2.15. The maximum Gasteiger partial charge on any atom is 0.331 e. The van der Waals surface area contributed by atoms with Crippen LogP contribution in [0.15, 0.2) is 12.2 Å². The molecule has 0 N–H and O–H groups in total. The third-order valence-electron chi connectivity index (χ3n) is 1.20. The third-order valence-corrected chi connectivity index (χ3v) is 2.21. The van der Waals surface area contributed by atoms with E-state index in [1.807, 2.05) is 32.6 Å². The summed E-state index contributed by atoms with van der Waals surface area (Å²) in [7, 11) is -1.59. The first-order valence-electron chi connectivity index (χ1n) is 4.36. The van der Waals surface area contributed by atoms with Gasteiger partial charge < -0.3 is 9.16 Å². The van der Waals surface area contributed by atoms with E-state index in [4.69, 9.17) is 9.16 Å². The Kier molecular flexibility index (Phi) is 5.66. The van der Waals surface area contributed by atoms with E-state index in [0.29, 0.717) is 6.61 Å². The Balaban J connectivity index is 3.52. The molecule has 4 heteroatoms. The first-order chi connectivity index (χ1) is 5.95. The molecule has 0 aromatic heterocycles. The van der Waals surface area contributed by atoms with Gasteiger partial charge in [0.25, 0.3) is 0 Å².